The van der Waals surface area contributed by atoms with E-state index in [1.54, 1.807) is 5.38 Å². The van der Waals surface area contributed by atoms with Gasteiger partial charge in [-0.3, -0.25) is 9.59 Å². The number of thiazole rings is 1. The molecule has 2 N–H and O–H groups in total. The molecule has 2 rings (SSSR count). The molecule has 0 aliphatic carbocycles. The molecule has 1 amide bonds. The molecule has 2 heterocycles. The lowest BCUT2D eigenvalue weighted by atomic mass is 10.2. The van der Waals surface area contributed by atoms with Gasteiger partial charge in [-0.2, -0.15) is 0 Å². The van der Waals surface area contributed by atoms with E-state index < -0.39 is 0 Å². The lowest BCUT2D eigenvalue weighted by Gasteiger charge is -2.08. The van der Waals surface area contributed by atoms with Crippen LogP contribution in [0.5, 0.6) is 0 Å². The standard InChI is InChI=1S/C10H13N3O2S/c1-6(14)8-5-16-10(12-8)13-9(15)7-3-2-4-11-7/h5,7,11H,2-4H2,1H3,(H,12,13,15). The largest absolute Gasteiger partial charge is 0.306 e. The van der Waals surface area contributed by atoms with E-state index in [0.29, 0.717) is 10.8 Å². The van der Waals surface area contributed by atoms with Gasteiger partial charge in [-0.05, 0) is 19.4 Å². The Bertz CT molecular complexity index is 410. The molecule has 1 aromatic heterocycles. The fourth-order valence-corrected chi connectivity index (χ4v) is 2.35. The molecular weight excluding hydrogens is 226 g/mol. The molecular formula is C10H13N3O2S. The van der Waals surface area contributed by atoms with Crippen LogP contribution in [0, 0.1) is 0 Å². The molecule has 0 saturated carbocycles. The van der Waals surface area contributed by atoms with Gasteiger partial charge in [0, 0.05) is 12.3 Å². The first-order valence-electron chi connectivity index (χ1n) is 5.17. The lowest BCUT2D eigenvalue weighted by Crippen LogP contribution is -2.35. The highest BCUT2D eigenvalue weighted by Gasteiger charge is 2.22. The van der Waals surface area contributed by atoms with Crippen molar-refractivity contribution in [1.82, 2.24) is 10.3 Å². The first-order valence-corrected chi connectivity index (χ1v) is 6.05. The maximum absolute atomic E-state index is 11.7. The van der Waals surface area contributed by atoms with Gasteiger partial charge in [0.2, 0.25) is 5.91 Å². The Morgan fingerprint density at radius 3 is 3.00 bits per heavy atom. The molecule has 1 aromatic rings. The van der Waals surface area contributed by atoms with Gasteiger partial charge in [0.05, 0.1) is 6.04 Å². The normalized spacial score (nSPS) is 19.7. The topological polar surface area (TPSA) is 71.1 Å². The summed E-state index contributed by atoms with van der Waals surface area (Å²) in [5.41, 5.74) is 0.402. The predicted molar refractivity (Wildman–Crippen MR) is 61.8 cm³/mol. The van der Waals surface area contributed by atoms with Crippen LogP contribution < -0.4 is 10.6 Å². The van der Waals surface area contributed by atoms with E-state index in [1.165, 1.54) is 18.3 Å². The Labute approximate surface area is 97.3 Å². The average Bonchev–Trinajstić information content (AvgIpc) is 2.87. The summed E-state index contributed by atoms with van der Waals surface area (Å²) >= 11 is 1.27. The van der Waals surface area contributed by atoms with Crippen molar-refractivity contribution < 1.29 is 9.59 Å². The van der Waals surface area contributed by atoms with Gasteiger partial charge < -0.3 is 10.6 Å². The number of carbonyl (C=O) groups excluding carboxylic acids is 2. The molecule has 1 unspecified atom stereocenters. The number of nitrogens with zero attached hydrogens (tertiary/aromatic N) is 1. The molecule has 6 heteroatoms. The Kier molecular flexibility index (Phi) is 3.31. The minimum Gasteiger partial charge on any atom is -0.306 e. The quantitative estimate of drug-likeness (QED) is 0.773. The fraction of sp³-hybridized carbons (Fsp3) is 0.500. The maximum Gasteiger partial charge on any atom is 0.243 e. The van der Waals surface area contributed by atoms with Crippen molar-refractivity contribution in [3.8, 4) is 0 Å². The van der Waals surface area contributed by atoms with Gasteiger partial charge in [0.15, 0.2) is 10.9 Å². The third-order valence-corrected chi connectivity index (χ3v) is 3.23. The van der Waals surface area contributed by atoms with Crippen LogP contribution in [0.25, 0.3) is 0 Å². The van der Waals surface area contributed by atoms with Crippen LogP contribution in [0.15, 0.2) is 5.38 Å². The molecule has 0 spiro atoms. The molecule has 16 heavy (non-hydrogen) atoms. The van der Waals surface area contributed by atoms with Crippen molar-refractivity contribution in [3.05, 3.63) is 11.1 Å². The summed E-state index contributed by atoms with van der Waals surface area (Å²) in [7, 11) is 0. The van der Waals surface area contributed by atoms with Crippen molar-refractivity contribution in [2.75, 3.05) is 11.9 Å². The number of nitrogens with one attached hydrogen (secondary N) is 2. The summed E-state index contributed by atoms with van der Waals surface area (Å²) in [5, 5.41) is 7.96. The monoisotopic (exact) mass is 239 g/mol. The Balaban J connectivity index is 1.97. The van der Waals surface area contributed by atoms with Crippen LogP contribution in [0.3, 0.4) is 0 Å². The highest BCUT2D eigenvalue weighted by Crippen LogP contribution is 2.17. The third kappa shape index (κ3) is 2.45. The van der Waals surface area contributed by atoms with Crippen LogP contribution in [0.4, 0.5) is 5.13 Å². The Hall–Kier alpha value is -1.27. The fourth-order valence-electron chi connectivity index (χ4n) is 1.59. The average molecular weight is 239 g/mol. The molecule has 1 aliphatic rings. The first kappa shape index (κ1) is 11.2. The number of hydrogen-bond acceptors (Lipinski definition) is 5. The second kappa shape index (κ2) is 4.71. The van der Waals surface area contributed by atoms with Gasteiger partial charge in [-0.1, -0.05) is 0 Å². The molecule has 1 fully saturated rings. The third-order valence-electron chi connectivity index (χ3n) is 2.47. The van der Waals surface area contributed by atoms with E-state index in [-0.39, 0.29) is 17.7 Å². The number of ketones is 1. The lowest BCUT2D eigenvalue weighted by molar-refractivity contribution is -0.117. The zero-order valence-electron chi connectivity index (χ0n) is 8.95. The highest BCUT2D eigenvalue weighted by molar-refractivity contribution is 7.14. The first-order chi connectivity index (χ1) is 7.66. The zero-order valence-corrected chi connectivity index (χ0v) is 9.76. The summed E-state index contributed by atoms with van der Waals surface area (Å²) in [6, 6.07) is -0.121. The van der Waals surface area contributed by atoms with E-state index in [0.717, 1.165) is 19.4 Å². The highest BCUT2D eigenvalue weighted by atomic mass is 32.1. The maximum atomic E-state index is 11.7. The summed E-state index contributed by atoms with van der Waals surface area (Å²) in [4.78, 5) is 26.8. The van der Waals surface area contributed by atoms with Crippen LogP contribution in [-0.2, 0) is 4.79 Å². The van der Waals surface area contributed by atoms with E-state index in [4.69, 9.17) is 0 Å². The van der Waals surface area contributed by atoms with Crippen molar-refractivity contribution in [2.24, 2.45) is 0 Å². The number of Topliss-reactive ketones (excluding diaryl/α,β-unsaturated/α-hetero) is 1. The Morgan fingerprint density at radius 2 is 2.44 bits per heavy atom. The summed E-state index contributed by atoms with van der Waals surface area (Å²) < 4.78 is 0. The van der Waals surface area contributed by atoms with Gasteiger partial charge in [0.25, 0.3) is 0 Å². The second-order valence-corrected chi connectivity index (χ2v) is 4.59. The summed E-state index contributed by atoms with van der Waals surface area (Å²) in [6.45, 7) is 2.34. The summed E-state index contributed by atoms with van der Waals surface area (Å²) in [6.07, 6.45) is 1.88. The smallest absolute Gasteiger partial charge is 0.243 e. The van der Waals surface area contributed by atoms with E-state index in [1.807, 2.05) is 0 Å². The van der Waals surface area contributed by atoms with Gasteiger partial charge in [0.1, 0.15) is 5.69 Å². The number of carbonyl (C=O) groups is 2. The number of amides is 1. The van der Waals surface area contributed by atoms with E-state index >= 15 is 0 Å². The SMILES string of the molecule is CC(=O)c1csc(NC(=O)C2CCCN2)n1. The minimum atomic E-state index is -0.121. The number of rotatable bonds is 3. The van der Waals surface area contributed by atoms with Gasteiger partial charge in [-0.15, -0.1) is 11.3 Å². The number of aromatic nitrogens is 1. The predicted octanol–water partition coefficient (Wildman–Crippen LogP) is 1.04. The molecule has 86 valence electrons. The van der Waals surface area contributed by atoms with Crippen molar-refractivity contribution >= 4 is 28.2 Å². The second-order valence-electron chi connectivity index (χ2n) is 3.73. The molecule has 5 nitrogen and oxygen atoms in total. The molecule has 0 bridgehead atoms. The Morgan fingerprint density at radius 1 is 1.62 bits per heavy atom. The molecule has 1 aliphatic heterocycles. The molecule has 0 aromatic carbocycles. The zero-order chi connectivity index (χ0) is 11.5. The molecule has 0 radical (unpaired) electrons. The van der Waals surface area contributed by atoms with Gasteiger partial charge >= 0.3 is 0 Å². The minimum absolute atomic E-state index is 0.0676. The van der Waals surface area contributed by atoms with Crippen molar-refractivity contribution in [1.29, 1.82) is 0 Å². The summed E-state index contributed by atoms with van der Waals surface area (Å²) in [5.74, 6) is -0.155. The van der Waals surface area contributed by atoms with Crippen LogP contribution >= 0.6 is 11.3 Å². The molecule has 1 saturated heterocycles. The van der Waals surface area contributed by atoms with Crippen molar-refractivity contribution in [3.63, 3.8) is 0 Å². The van der Waals surface area contributed by atoms with Crippen LogP contribution in [0.2, 0.25) is 0 Å². The van der Waals surface area contributed by atoms with Crippen LogP contribution in [-0.4, -0.2) is 29.3 Å². The number of hydrogen-bond donors (Lipinski definition) is 2. The van der Waals surface area contributed by atoms with E-state index in [9.17, 15) is 9.59 Å². The van der Waals surface area contributed by atoms with Crippen LogP contribution in [0.1, 0.15) is 30.3 Å². The van der Waals surface area contributed by atoms with Crippen molar-refractivity contribution in [2.45, 2.75) is 25.8 Å². The van der Waals surface area contributed by atoms with Gasteiger partial charge in [-0.25, -0.2) is 4.98 Å². The van der Waals surface area contributed by atoms with E-state index in [2.05, 4.69) is 15.6 Å². The number of anilines is 1. The molecule has 1 atom stereocenters.